The first-order chi connectivity index (χ1) is 8.26. The van der Waals surface area contributed by atoms with Crippen LogP contribution in [0.1, 0.15) is 31.7 Å². The number of anilines is 1. The Balaban J connectivity index is 2.30. The van der Waals surface area contributed by atoms with Crippen molar-refractivity contribution in [3.8, 4) is 0 Å². The highest BCUT2D eigenvalue weighted by Crippen LogP contribution is 2.31. The standard InChI is InChI=1S/C14H21BrN2/c1-3-13-5-4-8-17(13)14-7-6-12(15)9-11(14)10-16-2/h6-7,9,13,16H,3-5,8,10H2,1-2H3. The quantitative estimate of drug-likeness (QED) is 0.914. The summed E-state index contributed by atoms with van der Waals surface area (Å²) in [4.78, 5) is 2.58. The van der Waals surface area contributed by atoms with E-state index >= 15 is 0 Å². The summed E-state index contributed by atoms with van der Waals surface area (Å²) < 4.78 is 1.17. The third kappa shape index (κ3) is 2.83. The van der Waals surface area contributed by atoms with Crippen LogP contribution in [0.3, 0.4) is 0 Å². The second-order valence-electron chi connectivity index (χ2n) is 4.70. The smallest absolute Gasteiger partial charge is 0.0415 e. The van der Waals surface area contributed by atoms with E-state index in [-0.39, 0.29) is 0 Å². The summed E-state index contributed by atoms with van der Waals surface area (Å²) in [5.74, 6) is 0. The summed E-state index contributed by atoms with van der Waals surface area (Å²) in [6, 6.07) is 7.37. The molecule has 94 valence electrons. The third-order valence-electron chi connectivity index (χ3n) is 3.57. The molecule has 1 aromatic rings. The van der Waals surface area contributed by atoms with Gasteiger partial charge in [0, 0.05) is 29.3 Å². The number of nitrogens with one attached hydrogen (secondary N) is 1. The van der Waals surface area contributed by atoms with Gasteiger partial charge in [-0.15, -0.1) is 0 Å². The maximum atomic E-state index is 3.56. The van der Waals surface area contributed by atoms with E-state index in [1.54, 1.807) is 0 Å². The van der Waals surface area contributed by atoms with Gasteiger partial charge >= 0.3 is 0 Å². The van der Waals surface area contributed by atoms with Gasteiger partial charge in [0.25, 0.3) is 0 Å². The van der Waals surface area contributed by atoms with Crippen molar-refractivity contribution in [2.24, 2.45) is 0 Å². The number of nitrogens with zero attached hydrogens (tertiary/aromatic N) is 1. The predicted octanol–water partition coefficient (Wildman–Crippen LogP) is 3.55. The van der Waals surface area contributed by atoms with Gasteiger partial charge in [-0.25, -0.2) is 0 Å². The van der Waals surface area contributed by atoms with Crippen LogP contribution in [0.5, 0.6) is 0 Å². The van der Waals surface area contributed by atoms with Gasteiger partial charge in [-0.1, -0.05) is 22.9 Å². The molecule has 1 aromatic carbocycles. The zero-order valence-electron chi connectivity index (χ0n) is 10.7. The van der Waals surface area contributed by atoms with Crippen LogP contribution in [0.25, 0.3) is 0 Å². The summed E-state index contributed by atoms with van der Waals surface area (Å²) in [6.07, 6.45) is 3.91. The molecular weight excluding hydrogens is 276 g/mol. The van der Waals surface area contributed by atoms with E-state index in [4.69, 9.17) is 0 Å². The Kier molecular flexibility index (Phi) is 4.46. The topological polar surface area (TPSA) is 15.3 Å². The molecule has 0 aliphatic carbocycles. The van der Waals surface area contributed by atoms with Crippen molar-refractivity contribution in [3.05, 3.63) is 28.2 Å². The summed E-state index contributed by atoms with van der Waals surface area (Å²) in [6.45, 7) is 4.43. The molecule has 2 nitrogen and oxygen atoms in total. The van der Waals surface area contributed by atoms with Gasteiger partial charge in [0.2, 0.25) is 0 Å². The largest absolute Gasteiger partial charge is 0.368 e. The molecule has 1 heterocycles. The van der Waals surface area contributed by atoms with E-state index in [1.807, 2.05) is 7.05 Å². The Labute approximate surface area is 113 Å². The first-order valence-corrected chi connectivity index (χ1v) is 7.25. The zero-order valence-corrected chi connectivity index (χ0v) is 12.3. The third-order valence-corrected chi connectivity index (χ3v) is 4.06. The van der Waals surface area contributed by atoms with Crippen LogP contribution in [0.15, 0.2) is 22.7 Å². The van der Waals surface area contributed by atoms with Gasteiger partial charge in [0.15, 0.2) is 0 Å². The van der Waals surface area contributed by atoms with Crippen molar-refractivity contribution in [1.82, 2.24) is 5.32 Å². The van der Waals surface area contributed by atoms with Crippen molar-refractivity contribution in [3.63, 3.8) is 0 Å². The van der Waals surface area contributed by atoms with E-state index in [2.05, 4.69) is 51.3 Å². The molecule has 0 spiro atoms. The molecule has 0 amide bonds. The monoisotopic (exact) mass is 296 g/mol. The van der Waals surface area contributed by atoms with Gasteiger partial charge in [-0.05, 0) is 50.1 Å². The molecule has 1 unspecified atom stereocenters. The fourth-order valence-corrected chi connectivity index (χ4v) is 3.15. The average molecular weight is 297 g/mol. The second-order valence-corrected chi connectivity index (χ2v) is 5.62. The molecule has 2 rings (SSSR count). The zero-order chi connectivity index (χ0) is 12.3. The SMILES string of the molecule is CCC1CCCN1c1ccc(Br)cc1CNC. The number of halogens is 1. The van der Waals surface area contributed by atoms with Crippen LogP contribution in [0, 0.1) is 0 Å². The second kappa shape index (κ2) is 5.87. The minimum Gasteiger partial charge on any atom is -0.368 e. The molecule has 1 N–H and O–H groups in total. The molecule has 0 radical (unpaired) electrons. The summed E-state index contributed by atoms with van der Waals surface area (Å²) >= 11 is 3.56. The van der Waals surface area contributed by atoms with E-state index in [9.17, 15) is 0 Å². The molecule has 1 aliphatic rings. The van der Waals surface area contributed by atoms with E-state index < -0.39 is 0 Å². The minimum atomic E-state index is 0.729. The molecule has 1 atom stereocenters. The predicted molar refractivity (Wildman–Crippen MR) is 77.6 cm³/mol. The van der Waals surface area contributed by atoms with Crippen LogP contribution in [0.4, 0.5) is 5.69 Å². The van der Waals surface area contributed by atoms with Crippen molar-refractivity contribution in [2.45, 2.75) is 38.8 Å². The van der Waals surface area contributed by atoms with Gasteiger partial charge in [0.05, 0.1) is 0 Å². The molecule has 0 saturated carbocycles. The Bertz CT molecular complexity index is 378. The lowest BCUT2D eigenvalue weighted by Crippen LogP contribution is -2.29. The Morgan fingerprint density at radius 1 is 1.47 bits per heavy atom. The van der Waals surface area contributed by atoms with E-state index in [0.717, 1.165) is 12.6 Å². The lowest BCUT2D eigenvalue weighted by atomic mass is 10.1. The Morgan fingerprint density at radius 3 is 3.00 bits per heavy atom. The first kappa shape index (κ1) is 12.9. The van der Waals surface area contributed by atoms with Crippen molar-refractivity contribution in [1.29, 1.82) is 0 Å². The van der Waals surface area contributed by atoms with Crippen LogP contribution in [0.2, 0.25) is 0 Å². The van der Waals surface area contributed by atoms with E-state index in [1.165, 1.54) is 41.5 Å². The Morgan fingerprint density at radius 2 is 2.29 bits per heavy atom. The van der Waals surface area contributed by atoms with Crippen LogP contribution < -0.4 is 10.2 Å². The highest BCUT2D eigenvalue weighted by Gasteiger charge is 2.24. The van der Waals surface area contributed by atoms with Gasteiger partial charge < -0.3 is 10.2 Å². The lowest BCUT2D eigenvalue weighted by Gasteiger charge is -2.28. The molecule has 1 fully saturated rings. The van der Waals surface area contributed by atoms with Crippen molar-refractivity contribution >= 4 is 21.6 Å². The molecule has 3 heteroatoms. The molecular formula is C14H21BrN2. The summed E-state index contributed by atoms with van der Waals surface area (Å²) in [5, 5.41) is 3.26. The van der Waals surface area contributed by atoms with Crippen molar-refractivity contribution < 1.29 is 0 Å². The summed E-state index contributed by atoms with van der Waals surface area (Å²) in [7, 11) is 2.01. The molecule has 1 aliphatic heterocycles. The normalized spacial score (nSPS) is 19.9. The van der Waals surface area contributed by atoms with E-state index in [0.29, 0.717) is 0 Å². The van der Waals surface area contributed by atoms with Crippen LogP contribution in [-0.4, -0.2) is 19.6 Å². The maximum Gasteiger partial charge on any atom is 0.0415 e. The lowest BCUT2D eigenvalue weighted by molar-refractivity contribution is 0.642. The average Bonchev–Trinajstić information content (AvgIpc) is 2.78. The highest BCUT2D eigenvalue weighted by molar-refractivity contribution is 9.10. The van der Waals surface area contributed by atoms with Crippen molar-refractivity contribution in [2.75, 3.05) is 18.5 Å². The minimum absolute atomic E-state index is 0.729. The first-order valence-electron chi connectivity index (χ1n) is 6.46. The molecule has 1 saturated heterocycles. The fourth-order valence-electron chi connectivity index (χ4n) is 2.74. The van der Waals surface area contributed by atoms with Gasteiger partial charge in [0.1, 0.15) is 0 Å². The van der Waals surface area contributed by atoms with Crippen LogP contribution in [-0.2, 0) is 6.54 Å². The highest BCUT2D eigenvalue weighted by atomic mass is 79.9. The number of rotatable bonds is 4. The fraction of sp³-hybridized carbons (Fsp3) is 0.571. The Hall–Kier alpha value is -0.540. The molecule has 17 heavy (non-hydrogen) atoms. The molecule has 0 aromatic heterocycles. The van der Waals surface area contributed by atoms with Gasteiger partial charge in [-0.3, -0.25) is 0 Å². The summed E-state index contributed by atoms with van der Waals surface area (Å²) in [5.41, 5.74) is 2.80. The maximum absolute atomic E-state index is 3.56. The molecule has 0 bridgehead atoms. The number of hydrogen-bond donors (Lipinski definition) is 1. The number of benzene rings is 1. The van der Waals surface area contributed by atoms with Gasteiger partial charge in [-0.2, -0.15) is 0 Å². The van der Waals surface area contributed by atoms with Crippen LogP contribution >= 0.6 is 15.9 Å². The number of hydrogen-bond acceptors (Lipinski definition) is 2.